The first-order chi connectivity index (χ1) is 10.9. The van der Waals surface area contributed by atoms with E-state index >= 15 is 0 Å². The number of oxazole rings is 1. The molecule has 6 nitrogen and oxygen atoms in total. The van der Waals surface area contributed by atoms with Gasteiger partial charge in [-0.25, -0.2) is 4.98 Å². The van der Waals surface area contributed by atoms with Crippen molar-refractivity contribution in [3.8, 4) is 0 Å². The lowest BCUT2D eigenvalue weighted by Crippen LogP contribution is -2.29. The van der Waals surface area contributed by atoms with Gasteiger partial charge in [0.1, 0.15) is 11.6 Å². The maximum absolute atomic E-state index is 12.6. The minimum absolute atomic E-state index is 0.00404. The third kappa shape index (κ3) is 3.30. The number of carbonyl (C=O) groups is 1. The van der Waals surface area contributed by atoms with Crippen molar-refractivity contribution in [3.63, 3.8) is 0 Å². The third-order valence-electron chi connectivity index (χ3n) is 3.56. The number of nitrogens with two attached hydrogens (primary N) is 1. The van der Waals surface area contributed by atoms with Crippen LogP contribution in [0.15, 0.2) is 22.6 Å². The molecule has 1 aliphatic rings. The molecule has 0 radical (unpaired) electrons. The molecule has 0 unspecified atom stereocenters. The van der Waals surface area contributed by atoms with Gasteiger partial charge < -0.3 is 20.2 Å². The predicted octanol–water partition coefficient (Wildman–Crippen LogP) is 2.29. The first-order valence-corrected chi connectivity index (χ1v) is 7.01. The maximum atomic E-state index is 12.6. The number of hydrogen-bond donors (Lipinski definition) is 2. The van der Waals surface area contributed by atoms with E-state index in [1.54, 1.807) is 0 Å². The standard InChI is InChI=1S/C14H14F3N3O3/c15-14(16,17)13-20-9-5-7(1-3-10(9)23-13)19-12(21)11-4-2-8(6-18)22-11/h1,3,5,8,11H,2,4,6,18H2,(H,19,21)/t8-,11+/m1/s1. The zero-order valence-corrected chi connectivity index (χ0v) is 11.9. The van der Waals surface area contributed by atoms with Gasteiger partial charge in [-0.1, -0.05) is 0 Å². The van der Waals surface area contributed by atoms with E-state index in [2.05, 4.69) is 14.7 Å². The molecule has 1 amide bonds. The van der Waals surface area contributed by atoms with Gasteiger partial charge in [0.25, 0.3) is 5.91 Å². The normalized spacial score (nSPS) is 21.7. The van der Waals surface area contributed by atoms with E-state index < -0.39 is 18.2 Å². The zero-order chi connectivity index (χ0) is 16.6. The lowest BCUT2D eigenvalue weighted by atomic mass is 10.2. The molecule has 3 rings (SSSR count). The molecular weight excluding hydrogens is 315 g/mol. The summed E-state index contributed by atoms with van der Waals surface area (Å²) in [6.07, 6.45) is -4.15. The van der Waals surface area contributed by atoms with Crippen molar-refractivity contribution in [1.82, 2.24) is 4.98 Å². The molecule has 2 aromatic rings. The molecule has 1 aromatic carbocycles. The van der Waals surface area contributed by atoms with E-state index in [0.717, 1.165) is 0 Å². The Morgan fingerprint density at radius 2 is 2.17 bits per heavy atom. The minimum atomic E-state index is -4.66. The van der Waals surface area contributed by atoms with Crippen LogP contribution in [0.4, 0.5) is 18.9 Å². The second kappa shape index (κ2) is 5.82. The number of nitrogens with one attached hydrogen (secondary N) is 1. The van der Waals surface area contributed by atoms with Crippen LogP contribution < -0.4 is 11.1 Å². The summed E-state index contributed by atoms with van der Waals surface area (Å²) in [5.41, 5.74) is 5.82. The molecule has 1 fully saturated rings. The van der Waals surface area contributed by atoms with Gasteiger partial charge >= 0.3 is 12.1 Å². The number of carbonyl (C=O) groups excluding carboxylic acids is 1. The van der Waals surface area contributed by atoms with Crippen LogP contribution in [0.5, 0.6) is 0 Å². The van der Waals surface area contributed by atoms with Crippen molar-refractivity contribution in [2.75, 3.05) is 11.9 Å². The van der Waals surface area contributed by atoms with Crippen molar-refractivity contribution in [3.05, 3.63) is 24.1 Å². The van der Waals surface area contributed by atoms with Crippen LogP contribution in [-0.2, 0) is 15.7 Å². The van der Waals surface area contributed by atoms with Gasteiger partial charge in [-0.2, -0.15) is 13.2 Å². The molecule has 0 bridgehead atoms. The fraction of sp³-hybridized carbons (Fsp3) is 0.429. The summed E-state index contributed by atoms with van der Waals surface area (Å²) in [5.74, 6) is -1.68. The molecule has 0 spiro atoms. The van der Waals surface area contributed by atoms with E-state index in [0.29, 0.717) is 25.1 Å². The van der Waals surface area contributed by atoms with Crippen LogP contribution in [0.3, 0.4) is 0 Å². The Morgan fingerprint density at radius 1 is 1.39 bits per heavy atom. The summed E-state index contributed by atoms with van der Waals surface area (Å²) in [5, 5.41) is 2.60. The minimum Gasteiger partial charge on any atom is -0.433 e. The Balaban J connectivity index is 1.74. The summed E-state index contributed by atoms with van der Waals surface area (Å²) in [6, 6.07) is 4.09. The van der Waals surface area contributed by atoms with E-state index in [9.17, 15) is 18.0 Å². The van der Waals surface area contributed by atoms with Crippen LogP contribution in [-0.4, -0.2) is 29.6 Å². The summed E-state index contributed by atoms with van der Waals surface area (Å²) >= 11 is 0. The van der Waals surface area contributed by atoms with Crippen LogP contribution in [0.1, 0.15) is 18.7 Å². The van der Waals surface area contributed by atoms with E-state index in [-0.39, 0.29) is 23.1 Å². The second-order valence-electron chi connectivity index (χ2n) is 5.25. The van der Waals surface area contributed by atoms with Crippen molar-refractivity contribution >= 4 is 22.7 Å². The Bertz CT molecular complexity index is 729. The number of ether oxygens (including phenoxy) is 1. The highest BCUT2D eigenvalue weighted by molar-refractivity contribution is 5.95. The van der Waals surface area contributed by atoms with Crippen molar-refractivity contribution in [1.29, 1.82) is 0 Å². The van der Waals surface area contributed by atoms with Crippen molar-refractivity contribution in [2.24, 2.45) is 5.73 Å². The van der Waals surface area contributed by atoms with Crippen molar-refractivity contribution in [2.45, 2.75) is 31.2 Å². The average Bonchev–Trinajstić information content (AvgIpc) is 3.12. The molecule has 1 saturated heterocycles. The molecule has 1 aromatic heterocycles. The first kappa shape index (κ1) is 15.8. The number of fused-ring (bicyclic) bond motifs is 1. The number of nitrogens with zero attached hydrogens (tertiary/aromatic N) is 1. The smallest absolute Gasteiger partial charge is 0.433 e. The summed E-state index contributed by atoms with van der Waals surface area (Å²) < 4.78 is 47.8. The van der Waals surface area contributed by atoms with Gasteiger partial charge in [0.05, 0.1) is 6.10 Å². The fourth-order valence-corrected chi connectivity index (χ4v) is 2.42. The lowest BCUT2D eigenvalue weighted by Gasteiger charge is -2.12. The third-order valence-corrected chi connectivity index (χ3v) is 3.56. The largest absolute Gasteiger partial charge is 0.468 e. The van der Waals surface area contributed by atoms with Crippen LogP contribution in [0.25, 0.3) is 11.1 Å². The van der Waals surface area contributed by atoms with Crippen LogP contribution in [0.2, 0.25) is 0 Å². The predicted molar refractivity (Wildman–Crippen MR) is 74.6 cm³/mol. The molecule has 3 N–H and O–H groups in total. The van der Waals surface area contributed by atoms with Gasteiger partial charge in [0, 0.05) is 12.2 Å². The Labute approximate surface area is 128 Å². The summed E-state index contributed by atoms with van der Waals surface area (Å²) in [7, 11) is 0. The molecule has 0 aliphatic carbocycles. The number of rotatable bonds is 3. The zero-order valence-electron chi connectivity index (χ0n) is 11.9. The first-order valence-electron chi connectivity index (χ1n) is 7.01. The molecule has 1 aliphatic heterocycles. The van der Waals surface area contributed by atoms with Gasteiger partial charge in [0.15, 0.2) is 5.58 Å². The van der Waals surface area contributed by atoms with Gasteiger partial charge in [-0.05, 0) is 31.0 Å². The second-order valence-corrected chi connectivity index (χ2v) is 5.25. The topological polar surface area (TPSA) is 90.4 Å². The average molecular weight is 329 g/mol. The summed E-state index contributed by atoms with van der Waals surface area (Å²) in [6.45, 7) is 0.342. The van der Waals surface area contributed by atoms with Gasteiger partial charge in [-0.15, -0.1) is 0 Å². The molecular formula is C14H14F3N3O3. The van der Waals surface area contributed by atoms with Crippen molar-refractivity contribution < 1.29 is 27.1 Å². The van der Waals surface area contributed by atoms with E-state index in [4.69, 9.17) is 10.5 Å². The molecule has 2 atom stereocenters. The SMILES string of the molecule is NC[C@H]1CC[C@@H](C(=O)Nc2ccc3oc(C(F)(F)F)nc3c2)O1. The van der Waals surface area contributed by atoms with Crippen LogP contribution in [0, 0.1) is 0 Å². The number of hydrogen-bond acceptors (Lipinski definition) is 5. The fourth-order valence-electron chi connectivity index (χ4n) is 2.42. The Kier molecular flexibility index (Phi) is 3.99. The Hall–Kier alpha value is -2.13. The maximum Gasteiger partial charge on any atom is 0.468 e. The highest BCUT2D eigenvalue weighted by Gasteiger charge is 2.37. The number of halogens is 3. The highest BCUT2D eigenvalue weighted by atomic mass is 19.4. The monoisotopic (exact) mass is 329 g/mol. The number of amides is 1. The van der Waals surface area contributed by atoms with E-state index in [1.807, 2.05) is 0 Å². The molecule has 0 saturated carbocycles. The molecule has 124 valence electrons. The lowest BCUT2D eigenvalue weighted by molar-refractivity contribution is -0.156. The number of aromatic nitrogens is 1. The molecule has 9 heteroatoms. The molecule has 2 heterocycles. The Morgan fingerprint density at radius 3 is 2.83 bits per heavy atom. The van der Waals surface area contributed by atoms with E-state index in [1.165, 1.54) is 18.2 Å². The quantitative estimate of drug-likeness (QED) is 0.902. The van der Waals surface area contributed by atoms with Gasteiger partial charge in [-0.3, -0.25) is 4.79 Å². The summed E-state index contributed by atoms with van der Waals surface area (Å²) in [4.78, 5) is 15.5. The highest BCUT2D eigenvalue weighted by Crippen LogP contribution is 2.32. The van der Waals surface area contributed by atoms with Gasteiger partial charge in [0.2, 0.25) is 0 Å². The number of benzene rings is 1. The number of anilines is 1. The molecule has 23 heavy (non-hydrogen) atoms. The van der Waals surface area contributed by atoms with Crippen LogP contribution >= 0.6 is 0 Å². The number of alkyl halides is 3.